The molecule has 0 spiro atoms. The lowest BCUT2D eigenvalue weighted by atomic mass is 10.2. The molecule has 3 aromatic rings. The number of anilines is 2. The molecule has 6 heteroatoms. The Balaban J connectivity index is 1.95. The van der Waals surface area contributed by atoms with Gasteiger partial charge in [0.1, 0.15) is 11.9 Å². The van der Waals surface area contributed by atoms with Crippen LogP contribution in [0.5, 0.6) is 0 Å². The van der Waals surface area contributed by atoms with Crippen LogP contribution < -0.4 is 4.90 Å². The van der Waals surface area contributed by atoms with Crippen LogP contribution in [-0.2, 0) is 6.42 Å². The maximum absolute atomic E-state index is 10.1. The highest BCUT2D eigenvalue weighted by Crippen LogP contribution is 2.37. The van der Waals surface area contributed by atoms with Crippen LogP contribution >= 0.6 is 11.6 Å². The van der Waals surface area contributed by atoms with Gasteiger partial charge in [-0.1, -0.05) is 29.8 Å². The predicted molar refractivity (Wildman–Crippen MR) is 94.2 cm³/mol. The van der Waals surface area contributed by atoms with E-state index >= 15 is 0 Å². The second kappa shape index (κ2) is 5.92. The lowest BCUT2D eigenvalue weighted by Crippen LogP contribution is -2.19. The van der Waals surface area contributed by atoms with E-state index in [1.54, 1.807) is 6.92 Å². The van der Waals surface area contributed by atoms with Gasteiger partial charge in [0.25, 0.3) is 0 Å². The van der Waals surface area contributed by atoms with Crippen molar-refractivity contribution in [3.8, 4) is 5.69 Å². The van der Waals surface area contributed by atoms with E-state index in [-0.39, 0.29) is 0 Å². The van der Waals surface area contributed by atoms with Crippen LogP contribution in [0.15, 0.2) is 48.5 Å². The van der Waals surface area contributed by atoms with Gasteiger partial charge in [-0.15, -0.1) is 10.2 Å². The smallest absolute Gasteiger partial charge is 0.166 e. The first-order chi connectivity index (χ1) is 11.6. The average molecular weight is 341 g/mol. The number of aromatic nitrogens is 3. The van der Waals surface area contributed by atoms with Crippen LogP contribution in [0.4, 0.5) is 11.4 Å². The largest absolute Gasteiger partial charge is 0.385 e. The molecule has 1 unspecified atom stereocenters. The fraction of sp³-hybridized carbons (Fsp3) is 0.222. The summed E-state index contributed by atoms with van der Waals surface area (Å²) in [7, 11) is 0. The number of hydrogen-bond donors (Lipinski definition) is 1. The minimum atomic E-state index is -0.696. The van der Waals surface area contributed by atoms with Gasteiger partial charge < -0.3 is 10.0 Å². The summed E-state index contributed by atoms with van der Waals surface area (Å²) >= 11 is 6.27. The van der Waals surface area contributed by atoms with Crippen LogP contribution in [0.1, 0.15) is 24.7 Å². The first-order valence-corrected chi connectivity index (χ1v) is 8.27. The van der Waals surface area contributed by atoms with Crippen molar-refractivity contribution in [2.75, 3.05) is 11.4 Å². The van der Waals surface area contributed by atoms with Gasteiger partial charge in [0, 0.05) is 23.7 Å². The third-order valence-electron chi connectivity index (χ3n) is 4.22. The summed E-state index contributed by atoms with van der Waals surface area (Å²) in [4.78, 5) is 2.22. The molecule has 1 atom stereocenters. The van der Waals surface area contributed by atoms with E-state index in [0.717, 1.165) is 35.9 Å². The summed E-state index contributed by atoms with van der Waals surface area (Å²) in [5.41, 5.74) is 3.00. The number of aliphatic hydroxyl groups excluding tert-OH is 1. The number of fused-ring (bicyclic) bond motifs is 3. The van der Waals surface area contributed by atoms with Crippen LogP contribution in [0.25, 0.3) is 5.69 Å². The molecule has 0 saturated carbocycles. The summed E-state index contributed by atoms with van der Waals surface area (Å²) in [5.74, 6) is 1.39. The van der Waals surface area contributed by atoms with E-state index in [2.05, 4.69) is 27.2 Å². The molecule has 1 aromatic heterocycles. The maximum atomic E-state index is 10.1. The topological polar surface area (TPSA) is 54.2 Å². The van der Waals surface area contributed by atoms with Gasteiger partial charge in [0.15, 0.2) is 5.82 Å². The molecule has 1 N–H and O–H groups in total. The first-order valence-electron chi connectivity index (χ1n) is 7.90. The van der Waals surface area contributed by atoms with Gasteiger partial charge in [0.2, 0.25) is 0 Å². The Labute approximate surface area is 145 Å². The summed E-state index contributed by atoms with van der Waals surface area (Å²) in [6.07, 6.45) is 0.0269. The fourth-order valence-electron chi connectivity index (χ4n) is 3.14. The highest BCUT2D eigenvalue weighted by molar-refractivity contribution is 6.31. The van der Waals surface area contributed by atoms with Crippen LogP contribution in [0.2, 0.25) is 5.02 Å². The number of nitrogens with zero attached hydrogens (tertiary/aromatic N) is 4. The normalized spacial score (nSPS) is 14.7. The lowest BCUT2D eigenvalue weighted by Gasteiger charge is -2.25. The van der Waals surface area contributed by atoms with E-state index in [1.807, 2.05) is 41.0 Å². The summed E-state index contributed by atoms with van der Waals surface area (Å²) in [5, 5.41) is 19.2. The monoisotopic (exact) mass is 340 g/mol. The van der Waals surface area contributed by atoms with Gasteiger partial charge in [-0.25, -0.2) is 0 Å². The molecule has 0 amide bonds. The number of rotatable bonds is 2. The van der Waals surface area contributed by atoms with Crippen LogP contribution in [-0.4, -0.2) is 26.4 Å². The Bertz CT molecular complexity index is 876. The van der Waals surface area contributed by atoms with Crippen molar-refractivity contribution in [2.24, 2.45) is 0 Å². The van der Waals surface area contributed by atoms with Crippen molar-refractivity contribution in [1.29, 1.82) is 0 Å². The highest BCUT2D eigenvalue weighted by atomic mass is 35.5. The Hall–Kier alpha value is -2.37. The Morgan fingerprint density at radius 2 is 1.88 bits per heavy atom. The van der Waals surface area contributed by atoms with E-state index in [4.69, 9.17) is 11.6 Å². The zero-order valence-corrected chi connectivity index (χ0v) is 14.0. The fourth-order valence-corrected chi connectivity index (χ4v) is 3.30. The first kappa shape index (κ1) is 15.2. The van der Waals surface area contributed by atoms with E-state index in [1.165, 1.54) is 0 Å². The SMILES string of the molecule is CC(O)c1nnc2n1-c1ccc(Cl)cc1N(c1ccccc1)CC2. The molecule has 2 aromatic carbocycles. The predicted octanol–water partition coefficient (Wildman–Crippen LogP) is 3.67. The zero-order valence-electron chi connectivity index (χ0n) is 13.2. The number of para-hydroxylation sites is 1. The molecule has 1 aliphatic rings. The second-order valence-electron chi connectivity index (χ2n) is 5.86. The van der Waals surface area contributed by atoms with E-state index in [9.17, 15) is 5.11 Å². The van der Waals surface area contributed by atoms with Gasteiger partial charge in [-0.3, -0.25) is 4.57 Å². The number of benzene rings is 2. The molecule has 5 nitrogen and oxygen atoms in total. The molecule has 0 bridgehead atoms. The Morgan fingerprint density at radius 1 is 1.08 bits per heavy atom. The Morgan fingerprint density at radius 3 is 2.62 bits per heavy atom. The van der Waals surface area contributed by atoms with Crippen molar-refractivity contribution in [1.82, 2.24) is 14.8 Å². The van der Waals surface area contributed by atoms with Gasteiger partial charge in [-0.2, -0.15) is 0 Å². The van der Waals surface area contributed by atoms with Crippen molar-refractivity contribution < 1.29 is 5.11 Å². The van der Waals surface area contributed by atoms with Gasteiger partial charge >= 0.3 is 0 Å². The lowest BCUT2D eigenvalue weighted by molar-refractivity contribution is 0.186. The molecule has 1 aliphatic heterocycles. The number of hydrogen-bond acceptors (Lipinski definition) is 4. The molecular formula is C18H17ClN4O. The molecule has 4 rings (SSSR count). The van der Waals surface area contributed by atoms with Crippen molar-refractivity contribution >= 4 is 23.0 Å². The average Bonchev–Trinajstić information content (AvgIpc) is 2.94. The minimum Gasteiger partial charge on any atom is -0.385 e. The second-order valence-corrected chi connectivity index (χ2v) is 6.29. The van der Waals surface area contributed by atoms with E-state index in [0.29, 0.717) is 10.8 Å². The summed E-state index contributed by atoms with van der Waals surface area (Å²) in [6, 6.07) is 15.9. The van der Waals surface area contributed by atoms with Crippen molar-refractivity contribution in [3.05, 3.63) is 65.2 Å². The molecule has 122 valence electrons. The molecular weight excluding hydrogens is 324 g/mol. The zero-order chi connectivity index (χ0) is 16.7. The van der Waals surface area contributed by atoms with E-state index < -0.39 is 6.10 Å². The van der Waals surface area contributed by atoms with Crippen molar-refractivity contribution in [3.63, 3.8) is 0 Å². The molecule has 0 fully saturated rings. The van der Waals surface area contributed by atoms with Crippen LogP contribution in [0, 0.1) is 0 Å². The van der Waals surface area contributed by atoms with Crippen LogP contribution in [0.3, 0.4) is 0 Å². The highest BCUT2D eigenvalue weighted by Gasteiger charge is 2.26. The molecule has 2 heterocycles. The molecule has 0 aliphatic carbocycles. The quantitative estimate of drug-likeness (QED) is 0.773. The van der Waals surface area contributed by atoms with Crippen molar-refractivity contribution in [2.45, 2.75) is 19.4 Å². The third-order valence-corrected chi connectivity index (χ3v) is 4.46. The summed E-state index contributed by atoms with van der Waals surface area (Å²) in [6.45, 7) is 2.46. The summed E-state index contributed by atoms with van der Waals surface area (Å²) < 4.78 is 1.94. The molecule has 0 radical (unpaired) electrons. The van der Waals surface area contributed by atoms with Gasteiger partial charge in [-0.05, 0) is 37.3 Å². The molecule has 0 saturated heterocycles. The maximum Gasteiger partial charge on any atom is 0.166 e. The number of halogens is 1. The van der Waals surface area contributed by atoms with Gasteiger partial charge in [0.05, 0.1) is 11.4 Å². The third kappa shape index (κ3) is 2.46. The minimum absolute atomic E-state index is 0.545. The Kier molecular flexibility index (Phi) is 3.75. The number of aliphatic hydroxyl groups is 1. The molecule has 24 heavy (non-hydrogen) atoms. The standard InChI is InChI=1S/C18H17ClN4O/c1-12(24)18-21-20-17-9-10-22(14-5-3-2-4-6-14)16-11-13(19)7-8-15(16)23(17)18/h2-8,11-12,24H,9-10H2,1H3.